The number of carbonyl (C=O) groups is 2. The van der Waals surface area contributed by atoms with Gasteiger partial charge in [-0.2, -0.15) is 13.2 Å². The molecule has 2 aliphatic rings. The average molecular weight is 511 g/mol. The number of nitrogens with two attached hydrogens (primary N) is 1. The Kier molecular flexibility index (Phi) is 8.02. The van der Waals surface area contributed by atoms with Gasteiger partial charge < -0.3 is 16.2 Å². The van der Waals surface area contributed by atoms with Crippen molar-refractivity contribution in [3.05, 3.63) is 89.0 Å². The molecule has 1 amide bonds. The summed E-state index contributed by atoms with van der Waals surface area (Å²) in [6, 6.07) is 16.8. The van der Waals surface area contributed by atoms with E-state index in [0.29, 0.717) is 11.6 Å². The normalized spacial score (nSPS) is 21.5. The zero-order chi connectivity index (χ0) is 25.8. The van der Waals surface area contributed by atoms with Crippen LogP contribution >= 0.6 is 11.6 Å². The molecule has 2 unspecified atom stereocenters. The molecule has 35 heavy (non-hydrogen) atoms. The minimum atomic E-state index is -5.08. The van der Waals surface area contributed by atoms with Crippen LogP contribution in [0.15, 0.2) is 66.8 Å². The highest BCUT2D eigenvalue weighted by Gasteiger charge is 2.45. The van der Waals surface area contributed by atoms with Crippen LogP contribution in [0.4, 0.5) is 17.6 Å². The predicted molar refractivity (Wildman–Crippen MR) is 124 cm³/mol. The summed E-state index contributed by atoms with van der Waals surface area (Å²) in [5.41, 5.74) is 8.15. The fourth-order valence-electron chi connectivity index (χ4n) is 3.92. The number of halogens is 5. The number of carbonyl (C=O) groups excluding carboxylic acids is 1. The molecule has 2 aliphatic carbocycles. The van der Waals surface area contributed by atoms with E-state index in [-0.39, 0.29) is 0 Å². The van der Waals surface area contributed by atoms with Crippen molar-refractivity contribution in [3.8, 4) is 0 Å². The molecule has 0 saturated carbocycles. The Morgan fingerprint density at radius 3 is 2.11 bits per heavy atom. The number of nitrogens with one attached hydrogen (secondary N) is 1. The smallest absolute Gasteiger partial charge is 0.475 e. The number of rotatable bonds is 5. The molecular weight excluding hydrogens is 488 g/mol. The Morgan fingerprint density at radius 2 is 1.63 bits per heavy atom. The van der Waals surface area contributed by atoms with E-state index in [1.54, 1.807) is 6.08 Å². The minimum Gasteiger partial charge on any atom is -0.475 e. The van der Waals surface area contributed by atoms with Crippen molar-refractivity contribution in [1.82, 2.24) is 5.32 Å². The maximum absolute atomic E-state index is 14.8. The second kappa shape index (κ2) is 10.6. The van der Waals surface area contributed by atoms with E-state index in [1.165, 1.54) is 17.2 Å². The third kappa shape index (κ3) is 6.29. The maximum Gasteiger partial charge on any atom is 0.490 e. The largest absolute Gasteiger partial charge is 0.490 e. The van der Waals surface area contributed by atoms with Crippen LogP contribution in [0.3, 0.4) is 0 Å². The van der Waals surface area contributed by atoms with Gasteiger partial charge in [-0.05, 0) is 46.7 Å². The molecule has 2 atom stereocenters. The average Bonchev–Trinajstić information content (AvgIpc) is 3.23. The predicted octanol–water partition coefficient (Wildman–Crippen LogP) is 4.33. The van der Waals surface area contributed by atoms with E-state index >= 15 is 0 Å². The summed E-state index contributed by atoms with van der Waals surface area (Å²) in [6.07, 6.45) is 1.35. The lowest BCUT2D eigenvalue weighted by Gasteiger charge is -2.28. The molecule has 0 spiro atoms. The Balaban J connectivity index is 0.000000429. The molecule has 0 aromatic heterocycles. The SMILES string of the molecule is NC(=O)C1(F)C=CC=C(c2ccc(CNC3Cc4ccccc4C3)cc2)C1Cl.O=C(O)C(F)(F)F. The van der Waals surface area contributed by atoms with Crippen LogP contribution in [0, 0.1) is 0 Å². The monoisotopic (exact) mass is 510 g/mol. The van der Waals surface area contributed by atoms with Gasteiger partial charge in [-0.1, -0.05) is 60.7 Å². The number of aliphatic carboxylic acids is 1. The molecule has 0 fully saturated rings. The quantitative estimate of drug-likeness (QED) is 0.412. The molecule has 0 bridgehead atoms. The molecule has 4 rings (SSSR count). The van der Waals surface area contributed by atoms with Crippen LogP contribution in [0.1, 0.15) is 22.3 Å². The van der Waals surface area contributed by atoms with Gasteiger partial charge in [-0.15, -0.1) is 11.6 Å². The summed E-state index contributed by atoms with van der Waals surface area (Å²) < 4.78 is 46.5. The summed E-state index contributed by atoms with van der Waals surface area (Å²) >= 11 is 6.24. The highest BCUT2D eigenvalue weighted by molar-refractivity contribution is 6.30. The van der Waals surface area contributed by atoms with Crippen LogP contribution in [-0.4, -0.2) is 40.2 Å². The molecule has 186 valence electrons. The summed E-state index contributed by atoms with van der Waals surface area (Å²) in [5.74, 6) is -3.83. The second-order valence-corrected chi connectivity index (χ2v) is 8.67. The third-order valence-corrected chi connectivity index (χ3v) is 6.36. The van der Waals surface area contributed by atoms with Crippen molar-refractivity contribution in [2.45, 2.75) is 42.7 Å². The number of allylic oxidation sites excluding steroid dienone is 3. The Hall–Kier alpha value is -3.17. The zero-order valence-electron chi connectivity index (χ0n) is 18.4. The van der Waals surface area contributed by atoms with Gasteiger partial charge in [0, 0.05) is 12.6 Å². The highest BCUT2D eigenvalue weighted by Crippen LogP contribution is 2.37. The molecular formula is C25H23ClF4N2O3. The molecule has 2 aromatic carbocycles. The molecule has 5 nitrogen and oxygen atoms in total. The maximum atomic E-state index is 14.8. The Morgan fingerprint density at radius 1 is 1.09 bits per heavy atom. The van der Waals surface area contributed by atoms with Crippen LogP contribution in [0.5, 0.6) is 0 Å². The van der Waals surface area contributed by atoms with Crippen molar-refractivity contribution in [2.24, 2.45) is 5.73 Å². The van der Waals surface area contributed by atoms with E-state index < -0.39 is 29.1 Å². The first-order chi connectivity index (χ1) is 16.4. The number of benzene rings is 2. The Bertz CT molecular complexity index is 1120. The number of carboxylic acid groups (broad SMARTS) is 1. The molecule has 0 saturated heterocycles. The van der Waals surface area contributed by atoms with Crippen LogP contribution < -0.4 is 11.1 Å². The van der Waals surface area contributed by atoms with E-state index in [0.717, 1.165) is 36.6 Å². The fourth-order valence-corrected chi connectivity index (χ4v) is 4.30. The summed E-state index contributed by atoms with van der Waals surface area (Å²) in [6.45, 7) is 0.760. The molecule has 0 radical (unpaired) electrons. The van der Waals surface area contributed by atoms with Crippen molar-refractivity contribution in [3.63, 3.8) is 0 Å². The Labute approximate surface area is 204 Å². The number of hydrogen-bond acceptors (Lipinski definition) is 3. The number of hydrogen-bond donors (Lipinski definition) is 3. The number of carboxylic acids is 1. The van der Waals surface area contributed by atoms with Gasteiger partial charge in [0.1, 0.15) is 5.38 Å². The standard InChI is InChI=1S/C23H22ClFN2O.C2HF3O2/c24-21-20(6-3-11-23(21,25)22(26)28)16-9-7-15(8-10-16)14-27-19-12-17-4-1-2-5-18(17)13-19;3-2(4,5)1(6)7/h1-11,19,21,27H,12-14H2,(H2,26,28);(H,6,7). The fraction of sp³-hybridized carbons (Fsp3) is 0.280. The van der Waals surface area contributed by atoms with Crippen LogP contribution in [0.25, 0.3) is 5.57 Å². The van der Waals surface area contributed by atoms with E-state index in [4.69, 9.17) is 27.2 Å². The lowest BCUT2D eigenvalue weighted by Crippen LogP contribution is -2.46. The lowest BCUT2D eigenvalue weighted by atomic mass is 9.86. The molecule has 0 aliphatic heterocycles. The molecule has 0 heterocycles. The third-order valence-electron chi connectivity index (χ3n) is 5.81. The van der Waals surface area contributed by atoms with Crippen molar-refractivity contribution >= 4 is 29.1 Å². The summed E-state index contributed by atoms with van der Waals surface area (Å²) in [5, 5.41) is 9.59. The first-order valence-electron chi connectivity index (χ1n) is 10.6. The summed E-state index contributed by atoms with van der Waals surface area (Å²) in [4.78, 5) is 20.4. The number of amides is 1. The van der Waals surface area contributed by atoms with Crippen molar-refractivity contribution in [1.29, 1.82) is 0 Å². The molecule has 10 heteroatoms. The van der Waals surface area contributed by atoms with E-state index in [1.807, 2.05) is 24.3 Å². The minimum absolute atomic E-state index is 0.443. The van der Waals surface area contributed by atoms with Crippen molar-refractivity contribution < 1.29 is 32.3 Å². The second-order valence-electron chi connectivity index (χ2n) is 8.23. The van der Waals surface area contributed by atoms with Gasteiger partial charge in [0.15, 0.2) is 0 Å². The summed E-state index contributed by atoms with van der Waals surface area (Å²) in [7, 11) is 0. The van der Waals surface area contributed by atoms with E-state index in [9.17, 15) is 22.4 Å². The van der Waals surface area contributed by atoms with Gasteiger partial charge in [0.05, 0.1) is 0 Å². The topological polar surface area (TPSA) is 92.4 Å². The van der Waals surface area contributed by atoms with Crippen LogP contribution in [-0.2, 0) is 29.0 Å². The molecule has 4 N–H and O–H groups in total. The highest BCUT2D eigenvalue weighted by atomic mass is 35.5. The van der Waals surface area contributed by atoms with Crippen molar-refractivity contribution in [2.75, 3.05) is 0 Å². The zero-order valence-corrected chi connectivity index (χ0v) is 19.1. The number of alkyl halides is 5. The number of primary amides is 1. The first kappa shape index (κ1) is 26.4. The van der Waals surface area contributed by atoms with Gasteiger partial charge in [-0.25, -0.2) is 9.18 Å². The lowest BCUT2D eigenvalue weighted by molar-refractivity contribution is -0.192. The van der Waals surface area contributed by atoms with Gasteiger partial charge in [-0.3, -0.25) is 4.79 Å². The molecule has 2 aromatic rings. The van der Waals surface area contributed by atoms with Crippen LogP contribution in [0.2, 0.25) is 0 Å². The number of fused-ring (bicyclic) bond motifs is 1. The van der Waals surface area contributed by atoms with Gasteiger partial charge in [0.25, 0.3) is 5.91 Å². The van der Waals surface area contributed by atoms with E-state index in [2.05, 4.69) is 29.6 Å². The van der Waals surface area contributed by atoms with Gasteiger partial charge >= 0.3 is 12.1 Å². The first-order valence-corrected chi connectivity index (χ1v) is 11.1. The van der Waals surface area contributed by atoms with Gasteiger partial charge in [0.2, 0.25) is 5.67 Å².